The van der Waals surface area contributed by atoms with Crippen molar-refractivity contribution < 1.29 is 28.8 Å². The molecule has 33 heavy (non-hydrogen) atoms. The van der Waals surface area contributed by atoms with Crippen LogP contribution in [0.1, 0.15) is 16.8 Å². The number of nitrogens with one attached hydrogen (secondary N) is 2. The van der Waals surface area contributed by atoms with Crippen molar-refractivity contribution in [1.82, 2.24) is 10.4 Å². The maximum absolute atomic E-state index is 12.4. The third-order valence-electron chi connectivity index (χ3n) is 4.59. The molecule has 0 unspecified atom stereocenters. The summed E-state index contributed by atoms with van der Waals surface area (Å²) in [6, 6.07) is 9.67. The van der Waals surface area contributed by atoms with Crippen LogP contribution in [0.15, 0.2) is 42.5 Å². The van der Waals surface area contributed by atoms with Gasteiger partial charge in [0.2, 0.25) is 5.91 Å². The summed E-state index contributed by atoms with van der Waals surface area (Å²) >= 11 is 11.7. The Morgan fingerprint density at radius 2 is 1.88 bits per heavy atom. The molecule has 2 aromatic carbocycles. The molecule has 0 saturated carbocycles. The first-order chi connectivity index (χ1) is 15.7. The van der Waals surface area contributed by atoms with Crippen molar-refractivity contribution in [2.75, 3.05) is 18.5 Å². The van der Waals surface area contributed by atoms with Gasteiger partial charge in [-0.1, -0.05) is 35.3 Å². The number of hydrazine groups is 1. The molecule has 1 atom stereocenters. The molecule has 0 aliphatic carbocycles. The minimum atomic E-state index is -0.929. The number of nitro benzene ring substituents is 1. The summed E-state index contributed by atoms with van der Waals surface area (Å²) in [4.78, 5) is 59.2. The van der Waals surface area contributed by atoms with Crippen molar-refractivity contribution in [3.63, 3.8) is 0 Å². The highest BCUT2D eigenvalue weighted by atomic mass is 35.5. The van der Waals surface area contributed by atoms with Crippen LogP contribution in [-0.2, 0) is 19.1 Å². The lowest BCUT2D eigenvalue weighted by Gasteiger charge is -2.17. The molecule has 2 aromatic rings. The zero-order chi connectivity index (χ0) is 24.1. The second kappa shape index (κ2) is 10.3. The largest absolute Gasteiger partial charge is 0.455 e. The third-order valence-corrected chi connectivity index (χ3v) is 5.33. The van der Waals surface area contributed by atoms with Gasteiger partial charge in [-0.2, -0.15) is 0 Å². The Morgan fingerprint density at radius 3 is 2.58 bits per heavy atom. The molecule has 172 valence electrons. The van der Waals surface area contributed by atoms with Crippen molar-refractivity contribution in [3.8, 4) is 0 Å². The molecule has 1 aliphatic rings. The van der Waals surface area contributed by atoms with Gasteiger partial charge in [0.1, 0.15) is 5.56 Å². The lowest BCUT2D eigenvalue weighted by Crippen LogP contribution is -2.43. The number of amides is 3. The van der Waals surface area contributed by atoms with Crippen LogP contribution in [0.3, 0.4) is 0 Å². The first-order valence-corrected chi connectivity index (χ1v) is 10.2. The maximum atomic E-state index is 12.4. The summed E-state index contributed by atoms with van der Waals surface area (Å²) < 4.78 is 4.96. The predicted octanol–water partition coefficient (Wildman–Crippen LogP) is 2.58. The fourth-order valence-corrected chi connectivity index (χ4v) is 3.30. The van der Waals surface area contributed by atoms with Gasteiger partial charge in [0.15, 0.2) is 6.61 Å². The van der Waals surface area contributed by atoms with E-state index in [0.29, 0.717) is 10.7 Å². The molecule has 1 saturated heterocycles. The van der Waals surface area contributed by atoms with Crippen molar-refractivity contribution in [2.45, 2.75) is 6.42 Å². The number of nitro groups is 1. The van der Waals surface area contributed by atoms with E-state index in [4.69, 9.17) is 27.9 Å². The number of carbonyl (C=O) groups excluding carboxylic acids is 4. The Kier molecular flexibility index (Phi) is 7.46. The Labute approximate surface area is 196 Å². The number of anilines is 1. The smallest absolute Gasteiger partial charge is 0.311 e. The molecular formula is C20H16Cl2N4O7. The van der Waals surface area contributed by atoms with Gasteiger partial charge in [-0.3, -0.25) is 39.7 Å². The molecule has 0 spiro atoms. The number of nitrogens with zero attached hydrogens (tertiary/aromatic N) is 2. The summed E-state index contributed by atoms with van der Waals surface area (Å²) in [5.74, 6) is -3.82. The number of benzene rings is 2. The highest BCUT2D eigenvalue weighted by molar-refractivity contribution is 6.42. The lowest BCUT2D eigenvalue weighted by molar-refractivity contribution is -0.385. The summed E-state index contributed by atoms with van der Waals surface area (Å²) in [7, 11) is 0. The van der Waals surface area contributed by atoms with E-state index in [1.807, 2.05) is 0 Å². The van der Waals surface area contributed by atoms with Gasteiger partial charge in [0.05, 0.1) is 27.4 Å². The van der Waals surface area contributed by atoms with Gasteiger partial charge in [0, 0.05) is 18.2 Å². The molecule has 13 heteroatoms. The second-order valence-corrected chi connectivity index (χ2v) is 7.72. The monoisotopic (exact) mass is 494 g/mol. The summed E-state index contributed by atoms with van der Waals surface area (Å²) in [6.07, 6.45) is -0.260. The van der Waals surface area contributed by atoms with Gasteiger partial charge in [0.25, 0.3) is 17.5 Å². The van der Waals surface area contributed by atoms with Crippen LogP contribution in [0.4, 0.5) is 11.4 Å². The summed E-state index contributed by atoms with van der Waals surface area (Å²) in [6.45, 7) is -0.815. The Morgan fingerprint density at radius 1 is 1.15 bits per heavy atom. The minimum absolute atomic E-state index is 0.210. The van der Waals surface area contributed by atoms with Gasteiger partial charge in [-0.05, 0) is 24.3 Å². The van der Waals surface area contributed by atoms with Crippen LogP contribution in [-0.4, -0.2) is 46.8 Å². The van der Waals surface area contributed by atoms with E-state index < -0.39 is 46.8 Å². The fourth-order valence-electron chi connectivity index (χ4n) is 3.01. The van der Waals surface area contributed by atoms with E-state index in [1.165, 1.54) is 36.4 Å². The first kappa shape index (κ1) is 24.0. The molecule has 0 aromatic heterocycles. The molecule has 0 radical (unpaired) electrons. The highest BCUT2D eigenvalue weighted by Gasteiger charge is 2.37. The second-order valence-electron chi connectivity index (χ2n) is 6.91. The van der Waals surface area contributed by atoms with Crippen LogP contribution in [0, 0.1) is 16.0 Å². The number of carbonyl (C=O) groups is 4. The number of hydrogen-bond donors (Lipinski definition) is 2. The van der Waals surface area contributed by atoms with E-state index in [0.717, 1.165) is 11.1 Å². The normalized spacial score (nSPS) is 15.2. The maximum Gasteiger partial charge on any atom is 0.311 e. The minimum Gasteiger partial charge on any atom is -0.455 e. The number of ether oxygens (including phenoxy) is 1. The molecule has 3 rings (SSSR count). The van der Waals surface area contributed by atoms with Gasteiger partial charge >= 0.3 is 5.97 Å². The van der Waals surface area contributed by atoms with Crippen LogP contribution in [0.5, 0.6) is 0 Å². The number of rotatable bonds is 7. The molecule has 0 bridgehead atoms. The molecular weight excluding hydrogens is 479 g/mol. The summed E-state index contributed by atoms with van der Waals surface area (Å²) in [5.41, 5.74) is 1.95. The number of halogens is 2. The van der Waals surface area contributed by atoms with Gasteiger partial charge < -0.3 is 10.1 Å². The highest BCUT2D eigenvalue weighted by Crippen LogP contribution is 2.25. The molecule has 3 amide bonds. The Balaban J connectivity index is 1.52. The Bertz CT molecular complexity index is 1140. The van der Waals surface area contributed by atoms with E-state index in [2.05, 4.69) is 10.7 Å². The predicted molar refractivity (Wildman–Crippen MR) is 116 cm³/mol. The molecule has 1 aliphatic heterocycles. The zero-order valence-electron chi connectivity index (χ0n) is 16.7. The van der Waals surface area contributed by atoms with Crippen LogP contribution in [0.25, 0.3) is 0 Å². The van der Waals surface area contributed by atoms with Crippen LogP contribution >= 0.6 is 23.2 Å². The number of hydrogen-bond acceptors (Lipinski definition) is 7. The Hall–Kier alpha value is -3.70. The number of para-hydroxylation sites is 1. The van der Waals surface area contributed by atoms with E-state index in [9.17, 15) is 29.3 Å². The van der Waals surface area contributed by atoms with E-state index in [1.54, 1.807) is 0 Å². The van der Waals surface area contributed by atoms with Crippen molar-refractivity contribution in [1.29, 1.82) is 0 Å². The average molecular weight is 495 g/mol. The molecule has 2 N–H and O–H groups in total. The SMILES string of the molecule is O=C(COC(=O)[C@H]1CC(=O)N(NC(=O)c2ccccc2[N+](=O)[O-])C1)Nc1ccc(Cl)c(Cl)c1. The van der Waals surface area contributed by atoms with Gasteiger partial charge in [-0.25, -0.2) is 0 Å². The topological polar surface area (TPSA) is 148 Å². The number of esters is 1. The fraction of sp³-hybridized carbons (Fsp3) is 0.200. The quantitative estimate of drug-likeness (QED) is 0.341. The van der Waals surface area contributed by atoms with Crippen LogP contribution in [0.2, 0.25) is 10.0 Å². The first-order valence-electron chi connectivity index (χ1n) is 9.42. The van der Waals surface area contributed by atoms with Crippen molar-refractivity contribution in [2.24, 2.45) is 5.92 Å². The standard InChI is InChI=1S/C20H16Cl2N4O7/c21-14-6-5-12(8-15(14)22)23-17(27)10-33-20(30)11-7-18(28)25(9-11)24-19(29)13-3-1-2-4-16(13)26(31)32/h1-6,8,11H,7,9-10H2,(H,23,27)(H,24,29)/t11-/m0/s1. The molecule has 1 fully saturated rings. The van der Waals surface area contributed by atoms with Gasteiger partial charge in [-0.15, -0.1) is 0 Å². The van der Waals surface area contributed by atoms with E-state index >= 15 is 0 Å². The third kappa shape index (κ3) is 5.96. The molecule has 11 nitrogen and oxygen atoms in total. The lowest BCUT2D eigenvalue weighted by atomic mass is 10.1. The molecule has 1 heterocycles. The van der Waals surface area contributed by atoms with Crippen molar-refractivity contribution >= 4 is 58.3 Å². The van der Waals surface area contributed by atoms with Crippen LogP contribution < -0.4 is 10.7 Å². The van der Waals surface area contributed by atoms with E-state index in [-0.39, 0.29) is 23.6 Å². The average Bonchev–Trinajstić information content (AvgIpc) is 3.14. The van der Waals surface area contributed by atoms with Crippen molar-refractivity contribution in [3.05, 3.63) is 68.2 Å². The zero-order valence-corrected chi connectivity index (χ0v) is 18.3. The summed E-state index contributed by atoms with van der Waals surface area (Å²) in [5, 5.41) is 15.0.